The lowest BCUT2D eigenvalue weighted by Crippen LogP contribution is -2.23. The maximum Gasteiger partial charge on any atom is 0.325 e. The van der Waals surface area contributed by atoms with Crippen LogP contribution in [0.4, 0.5) is 5.82 Å². The number of ether oxygens (including phenoxy) is 3. The van der Waals surface area contributed by atoms with Crippen LogP contribution in [0.25, 0.3) is 16.9 Å². The highest BCUT2D eigenvalue weighted by Crippen LogP contribution is 2.38. The van der Waals surface area contributed by atoms with E-state index in [1.807, 2.05) is 42.5 Å². The first-order valence-corrected chi connectivity index (χ1v) is 11.9. The van der Waals surface area contributed by atoms with Crippen LogP contribution in [0.3, 0.4) is 0 Å². The molecular weight excluding hydrogens is 474 g/mol. The Labute approximate surface area is 213 Å². The van der Waals surface area contributed by atoms with Gasteiger partial charge in [0.1, 0.15) is 23.7 Å². The summed E-state index contributed by atoms with van der Waals surface area (Å²) >= 11 is 0. The molecule has 3 heterocycles. The third-order valence-electron chi connectivity index (χ3n) is 5.92. The lowest BCUT2D eigenvalue weighted by atomic mass is 10.1. The number of hydrogen-bond acceptors (Lipinski definition) is 8. The molecular formula is C27H27N5O5. The van der Waals surface area contributed by atoms with E-state index in [1.54, 1.807) is 29.7 Å². The monoisotopic (exact) mass is 501 g/mol. The highest BCUT2D eigenvalue weighted by Gasteiger charge is 2.20. The van der Waals surface area contributed by atoms with Crippen LogP contribution < -0.4 is 25.8 Å². The van der Waals surface area contributed by atoms with Gasteiger partial charge in [-0.25, -0.2) is 4.98 Å². The first-order valence-electron chi connectivity index (χ1n) is 11.9. The number of esters is 1. The minimum absolute atomic E-state index is 0.0384. The number of nitrogens with two attached hydrogens (primary N) is 1. The number of imidazole rings is 1. The Morgan fingerprint density at radius 3 is 2.76 bits per heavy atom. The van der Waals surface area contributed by atoms with Crippen molar-refractivity contribution in [2.45, 2.75) is 20.0 Å². The van der Waals surface area contributed by atoms with Crippen LogP contribution in [-0.2, 0) is 22.6 Å². The van der Waals surface area contributed by atoms with Gasteiger partial charge in [-0.2, -0.15) is 0 Å². The van der Waals surface area contributed by atoms with E-state index in [2.05, 4.69) is 10.6 Å². The van der Waals surface area contributed by atoms with Crippen LogP contribution in [0.2, 0.25) is 0 Å². The van der Waals surface area contributed by atoms with E-state index in [0.29, 0.717) is 47.3 Å². The van der Waals surface area contributed by atoms with E-state index in [9.17, 15) is 9.59 Å². The van der Waals surface area contributed by atoms with Gasteiger partial charge in [-0.3, -0.25) is 14.0 Å². The average molecular weight is 502 g/mol. The normalized spacial score (nSPS) is 11.9. The third kappa shape index (κ3) is 5.19. The molecule has 0 bridgehead atoms. The molecule has 1 amide bonds. The van der Waals surface area contributed by atoms with Crippen molar-refractivity contribution in [1.29, 1.82) is 0 Å². The first kappa shape index (κ1) is 24.1. The van der Waals surface area contributed by atoms with Gasteiger partial charge < -0.3 is 30.6 Å². The van der Waals surface area contributed by atoms with Crippen molar-refractivity contribution < 1.29 is 23.8 Å². The molecule has 5 rings (SSSR count). The minimum atomic E-state index is -0.385. The molecule has 0 spiro atoms. The maximum atomic E-state index is 12.9. The molecule has 37 heavy (non-hydrogen) atoms. The lowest BCUT2D eigenvalue weighted by molar-refractivity contribution is -0.140. The second-order valence-corrected chi connectivity index (χ2v) is 8.39. The van der Waals surface area contributed by atoms with Crippen LogP contribution in [0.15, 0.2) is 60.8 Å². The SMILES string of the molecule is CCOC(=O)CNc1c(-c2ccc3c(c2)OCO3)nc2cc(C(=O)NCc3cccc(CN)c3)ccn12. The Bertz CT molecular complexity index is 1470. The van der Waals surface area contributed by atoms with E-state index in [1.165, 1.54) is 0 Å². The zero-order chi connectivity index (χ0) is 25.8. The number of hydrogen-bond donors (Lipinski definition) is 3. The molecule has 0 unspecified atom stereocenters. The Morgan fingerprint density at radius 1 is 1.08 bits per heavy atom. The Balaban J connectivity index is 1.44. The molecule has 4 N–H and O–H groups in total. The number of nitrogens with zero attached hydrogens (tertiary/aromatic N) is 2. The van der Waals surface area contributed by atoms with Crippen LogP contribution in [0, 0.1) is 0 Å². The number of carbonyl (C=O) groups excluding carboxylic acids is 2. The van der Waals surface area contributed by atoms with Crippen molar-refractivity contribution in [1.82, 2.24) is 14.7 Å². The predicted molar refractivity (Wildman–Crippen MR) is 137 cm³/mol. The van der Waals surface area contributed by atoms with Crippen molar-refractivity contribution in [3.63, 3.8) is 0 Å². The fraction of sp³-hybridized carbons (Fsp3) is 0.222. The zero-order valence-electron chi connectivity index (χ0n) is 20.3. The summed E-state index contributed by atoms with van der Waals surface area (Å²) < 4.78 is 17.8. The number of anilines is 1. The number of carbonyl (C=O) groups is 2. The number of rotatable bonds is 9. The molecule has 0 atom stereocenters. The fourth-order valence-corrected chi connectivity index (χ4v) is 4.12. The third-order valence-corrected chi connectivity index (χ3v) is 5.92. The molecule has 0 saturated heterocycles. The predicted octanol–water partition coefficient (Wildman–Crippen LogP) is 3.09. The van der Waals surface area contributed by atoms with Gasteiger partial charge in [-0.05, 0) is 48.4 Å². The molecule has 4 aromatic rings. The van der Waals surface area contributed by atoms with E-state index < -0.39 is 0 Å². The summed E-state index contributed by atoms with van der Waals surface area (Å²) in [5, 5.41) is 6.08. The quantitative estimate of drug-likeness (QED) is 0.299. The van der Waals surface area contributed by atoms with Crippen molar-refractivity contribution in [3.8, 4) is 22.8 Å². The van der Waals surface area contributed by atoms with Gasteiger partial charge in [0.15, 0.2) is 11.5 Å². The van der Waals surface area contributed by atoms with E-state index >= 15 is 0 Å². The number of amides is 1. The van der Waals surface area contributed by atoms with Crippen molar-refractivity contribution >= 4 is 23.3 Å². The van der Waals surface area contributed by atoms with Gasteiger partial charge in [0, 0.05) is 30.4 Å². The summed E-state index contributed by atoms with van der Waals surface area (Å²) in [5.41, 5.74) is 10.0. The highest BCUT2D eigenvalue weighted by atomic mass is 16.7. The van der Waals surface area contributed by atoms with Gasteiger partial charge in [-0.15, -0.1) is 0 Å². The van der Waals surface area contributed by atoms with Gasteiger partial charge in [0.25, 0.3) is 5.91 Å². The van der Waals surface area contributed by atoms with Gasteiger partial charge in [-0.1, -0.05) is 24.3 Å². The molecule has 10 heteroatoms. The Morgan fingerprint density at radius 2 is 1.92 bits per heavy atom. The summed E-state index contributed by atoms with van der Waals surface area (Å²) in [4.78, 5) is 29.7. The summed E-state index contributed by atoms with van der Waals surface area (Å²) in [6.45, 7) is 2.98. The average Bonchev–Trinajstić information content (AvgIpc) is 3.54. The molecule has 2 aromatic carbocycles. The highest BCUT2D eigenvalue weighted by molar-refractivity contribution is 5.95. The minimum Gasteiger partial charge on any atom is -0.465 e. The molecule has 0 fully saturated rings. The summed E-state index contributed by atoms with van der Waals surface area (Å²) in [5.74, 6) is 1.25. The van der Waals surface area contributed by atoms with E-state index in [0.717, 1.165) is 16.7 Å². The number of benzene rings is 2. The van der Waals surface area contributed by atoms with Gasteiger partial charge in [0.2, 0.25) is 6.79 Å². The number of fused-ring (bicyclic) bond motifs is 2. The smallest absolute Gasteiger partial charge is 0.325 e. The first-order chi connectivity index (χ1) is 18.1. The summed E-state index contributed by atoms with van der Waals surface area (Å²) in [6.07, 6.45) is 1.75. The van der Waals surface area contributed by atoms with Crippen LogP contribution in [0.5, 0.6) is 11.5 Å². The van der Waals surface area contributed by atoms with Crippen LogP contribution in [0.1, 0.15) is 28.4 Å². The number of nitrogens with one attached hydrogen (secondary N) is 2. The zero-order valence-corrected chi connectivity index (χ0v) is 20.3. The largest absolute Gasteiger partial charge is 0.465 e. The summed E-state index contributed by atoms with van der Waals surface area (Å²) in [6, 6.07) is 16.7. The van der Waals surface area contributed by atoms with Gasteiger partial charge in [0.05, 0.1) is 6.61 Å². The molecule has 2 aromatic heterocycles. The van der Waals surface area contributed by atoms with Crippen molar-refractivity contribution in [3.05, 3.63) is 77.5 Å². The number of pyridine rings is 1. The molecule has 190 valence electrons. The second kappa shape index (κ2) is 10.6. The summed E-state index contributed by atoms with van der Waals surface area (Å²) in [7, 11) is 0. The molecule has 0 aliphatic carbocycles. The second-order valence-electron chi connectivity index (χ2n) is 8.39. The Hall–Kier alpha value is -4.57. The van der Waals surface area contributed by atoms with E-state index in [4.69, 9.17) is 24.9 Å². The van der Waals surface area contributed by atoms with E-state index in [-0.39, 0.29) is 31.8 Å². The lowest BCUT2D eigenvalue weighted by Gasteiger charge is -2.10. The van der Waals surface area contributed by atoms with Gasteiger partial charge >= 0.3 is 5.97 Å². The Kier molecular flexibility index (Phi) is 6.91. The van der Waals surface area contributed by atoms with Crippen molar-refractivity contribution in [2.24, 2.45) is 5.73 Å². The molecule has 0 saturated carbocycles. The molecule has 10 nitrogen and oxygen atoms in total. The fourth-order valence-electron chi connectivity index (χ4n) is 4.12. The van der Waals surface area contributed by atoms with Crippen LogP contribution >= 0.6 is 0 Å². The maximum absolute atomic E-state index is 12.9. The topological polar surface area (TPSA) is 129 Å². The molecule has 1 aliphatic rings. The molecule has 0 radical (unpaired) electrons. The number of aromatic nitrogens is 2. The van der Waals surface area contributed by atoms with Crippen molar-refractivity contribution in [2.75, 3.05) is 25.3 Å². The molecule has 1 aliphatic heterocycles. The standard InChI is InChI=1S/C27H27N5O5/c1-2-35-24(33)15-29-26-25(19-6-7-21-22(11-19)37-16-36-21)31-23-12-20(8-9-32(23)26)27(34)30-14-18-5-3-4-17(10-18)13-28/h3-12,29H,2,13-16,28H2,1H3,(H,30,34). The van der Waals surface area contributed by atoms with Crippen LogP contribution in [-0.4, -0.2) is 41.2 Å².